The number of hydrogen-bond acceptors (Lipinski definition) is 8. The summed E-state index contributed by atoms with van der Waals surface area (Å²) in [6.45, 7) is 1.89. The van der Waals surface area contributed by atoms with E-state index in [2.05, 4.69) is 25.1 Å². The van der Waals surface area contributed by atoms with Gasteiger partial charge < -0.3 is 11.5 Å². The fraction of sp³-hybridized carbons (Fsp3) is 0.200. The molecule has 0 aliphatic heterocycles. The average Bonchev–Trinajstić information content (AvgIpc) is 3.26. The fourth-order valence-electron chi connectivity index (χ4n) is 3.58. The Kier molecular flexibility index (Phi) is 5.46. The number of aromatic nitrogens is 6. The quantitative estimate of drug-likeness (QED) is 0.414. The van der Waals surface area contributed by atoms with Gasteiger partial charge in [-0.1, -0.05) is 18.5 Å². The third kappa shape index (κ3) is 3.61. The van der Waals surface area contributed by atoms with Crippen molar-refractivity contribution in [1.82, 2.24) is 29.7 Å². The van der Waals surface area contributed by atoms with Crippen molar-refractivity contribution in [2.75, 3.05) is 11.5 Å². The lowest BCUT2D eigenvalue weighted by atomic mass is 9.96. The number of nitrogens with one attached hydrogen (secondary N) is 1. The highest BCUT2D eigenvalue weighted by molar-refractivity contribution is 6.35. The second-order valence-corrected chi connectivity index (χ2v) is 7.45. The molecule has 4 aromatic rings. The van der Waals surface area contributed by atoms with Crippen LogP contribution in [0.4, 0.5) is 16.2 Å². The zero-order valence-corrected chi connectivity index (χ0v) is 17.6. The molecule has 10 nitrogen and oxygen atoms in total. The third-order valence-corrected chi connectivity index (χ3v) is 5.37. The van der Waals surface area contributed by atoms with E-state index in [4.69, 9.17) is 23.1 Å². The lowest BCUT2D eigenvalue weighted by Crippen LogP contribution is -2.27. The minimum absolute atomic E-state index is 0.0122. The lowest BCUT2D eigenvalue weighted by molar-refractivity contribution is 0.584. The molecule has 0 bridgehead atoms. The van der Waals surface area contributed by atoms with Gasteiger partial charge in [-0.05, 0) is 18.6 Å². The van der Waals surface area contributed by atoms with E-state index in [0.29, 0.717) is 23.8 Å². The Morgan fingerprint density at radius 1 is 1.31 bits per heavy atom. The van der Waals surface area contributed by atoms with Crippen LogP contribution in [-0.4, -0.2) is 29.7 Å². The van der Waals surface area contributed by atoms with Gasteiger partial charge in [0.15, 0.2) is 0 Å². The number of hydrogen-bond donors (Lipinski definition) is 3. The van der Waals surface area contributed by atoms with Crippen LogP contribution in [0.5, 0.6) is 0 Å². The summed E-state index contributed by atoms with van der Waals surface area (Å²) < 4.78 is 15.3. The Labute approximate surface area is 185 Å². The van der Waals surface area contributed by atoms with Crippen molar-refractivity contribution in [2.24, 2.45) is 0 Å². The number of fused-ring (bicyclic) bond motifs is 1. The molecule has 0 fully saturated rings. The van der Waals surface area contributed by atoms with Crippen LogP contribution in [0.2, 0.25) is 5.02 Å². The summed E-state index contributed by atoms with van der Waals surface area (Å²) >= 11 is 6.21. The van der Waals surface area contributed by atoms with Gasteiger partial charge in [0.25, 0.3) is 5.56 Å². The summed E-state index contributed by atoms with van der Waals surface area (Å²) in [5, 5.41) is 16.2. The molecule has 0 saturated heterocycles. The molecule has 0 aliphatic rings. The number of nitriles is 1. The predicted octanol–water partition coefficient (Wildman–Crippen LogP) is 2.46. The van der Waals surface area contributed by atoms with Crippen molar-refractivity contribution in [1.29, 1.82) is 5.26 Å². The van der Waals surface area contributed by atoms with Gasteiger partial charge in [-0.2, -0.15) is 15.3 Å². The summed E-state index contributed by atoms with van der Waals surface area (Å²) in [4.78, 5) is 26.0. The summed E-state index contributed by atoms with van der Waals surface area (Å²) in [6.07, 6.45) is 2.19. The van der Waals surface area contributed by atoms with Gasteiger partial charge >= 0.3 is 0 Å². The van der Waals surface area contributed by atoms with E-state index >= 15 is 0 Å². The van der Waals surface area contributed by atoms with E-state index in [1.165, 1.54) is 10.8 Å². The van der Waals surface area contributed by atoms with Gasteiger partial charge in [0.1, 0.15) is 34.9 Å². The molecule has 3 aromatic heterocycles. The zero-order chi connectivity index (χ0) is 23.0. The highest BCUT2D eigenvalue weighted by Gasteiger charge is 2.25. The van der Waals surface area contributed by atoms with Crippen molar-refractivity contribution < 1.29 is 4.39 Å². The maximum Gasteiger partial charge on any atom is 0.267 e. The SMILES string of the molecule is CC[C@H](Cc1nc(N)nc(N)c1C#N)c1nc2c(Cl)cc(F)cc2c(=O)n1-c1ccn[nH]1. The zero-order valence-electron chi connectivity index (χ0n) is 16.8. The van der Waals surface area contributed by atoms with Crippen LogP contribution in [0.25, 0.3) is 16.7 Å². The van der Waals surface area contributed by atoms with Crippen LogP contribution in [0.1, 0.15) is 36.3 Å². The predicted molar refractivity (Wildman–Crippen MR) is 117 cm³/mol. The van der Waals surface area contributed by atoms with Crippen LogP contribution in [0.3, 0.4) is 0 Å². The first-order valence-electron chi connectivity index (χ1n) is 9.57. The van der Waals surface area contributed by atoms with E-state index in [1.807, 2.05) is 13.0 Å². The minimum Gasteiger partial charge on any atom is -0.382 e. The largest absolute Gasteiger partial charge is 0.382 e. The molecule has 0 unspecified atom stereocenters. The van der Waals surface area contributed by atoms with E-state index in [0.717, 1.165) is 12.1 Å². The molecule has 162 valence electrons. The Balaban J connectivity index is 1.98. The van der Waals surface area contributed by atoms with Crippen molar-refractivity contribution in [2.45, 2.75) is 25.7 Å². The van der Waals surface area contributed by atoms with Crippen molar-refractivity contribution >= 4 is 34.3 Å². The number of aromatic amines is 1. The summed E-state index contributed by atoms with van der Waals surface area (Å²) in [5.74, 6) is -0.466. The second-order valence-electron chi connectivity index (χ2n) is 7.05. The monoisotopic (exact) mass is 453 g/mol. The topological polar surface area (TPSA) is 165 Å². The summed E-state index contributed by atoms with van der Waals surface area (Å²) in [7, 11) is 0. The average molecular weight is 454 g/mol. The molecule has 0 radical (unpaired) electrons. The molecular formula is C20H17ClFN9O. The highest BCUT2D eigenvalue weighted by atomic mass is 35.5. The fourth-order valence-corrected chi connectivity index (χ4v) is 3.83. The lowest BCUT2D eigenvalue weighted by Gasteiger charge is -2.20. The number of benzene rings is 1. The molecule has 0 saturated carbocycles. The molecule has 1 atom stereocenters. The van der Waals surface area contributed by atoms with Crippen molar-refractivity contribution in [3.05, 3.63) is 62.7 Å². The van der Waals surface area contributed by atoms with Gasteiger partial charge in [-0.15, -0.1) is 0 Å². The van der Waals surface area contributed by atoms with Crippen LogP contribution < -0.4 is 17.0 Å². The molecule has 32 heavy (non-hydrogen) atoms. The van der Waals surface area contributed by atoms with Gasteiger partial charge in [0.2, 0.25) is 5.95 Å². The van der Waals surface area contributed by atoms with Crippen LogP contribution >= 0.6 is 11.6 Å². The normalized spacial score (nSPS) is 12.1. The van der Waals surface area contributed by atoms with Gasteiger partial charge in [-0.25, -0.2) is 18.9 Å². The third-order valence-electron chi connectivity index (χ3n) is 5.08. The molecule has 0 spiro atoms. The summed E-state index contributed by atoms with van der Waals surface area (Å²) in [5.41, 5.74) is 11.7. The van der Waals surface area contributed by atoms with Crippen LogP contribution in [-0.2, 0) is 6.42 Å². The molecule has 0 aliphatic carbocycles. The second kappa shape index (κ2) is 8.24. The summed E-state index contributed by atoms with van der Waals surface area (Å²) in [6, 6.07) is 5.78. The Bertz CT molecular complexity index is 1430. The Morgan fingerprint density at radius 2 is 2.09 bits per heavy atom. The van der Waals surface area contributed by atoms with Gasteiger partial charge in [0, 0.05) is 18.4 Å². The first kappa shape index (κ1) is 21.2. The number of anilines is 2. The maximum absolute atomic E-state index is 14.0. The first-order valence-corrected chi connectivity index (χ1v) is 9.95. The Morgan fingerprint density at radius 3 is 2.75 bits per heavy atom. The van der Waals surface area contributed by atoms with E-state index < -0.39 is 17.3 Å². The number of nitrogens with two attached hydrogens (primary N) is 2. The van der Waals surface area contributed by atoms with E-state index in [9.17, 15) is 14.4 Å². The highest BCUT2D eigenvalue weighted by Crippen LogP contribution is 2.29. The maximum atomic E-state index is 14.0. The molecular weight excluding hydrogens is 437 g/mol. The minimum atomic E-state index is -0.650. The van der Waals surface area contributed by atoms with E-state index in [-0.39, 0.29) is 39.7 Å². The number of halogens is 2. The van der Waals surface area contributed by atoms with Crippen LogP contribution in [0.15, 0.2) is 29.2 Å². The van der Waals surface area contributed by atoms with Crippen LogP contribution in [0, 0.1) is 17.1 Å². The van der Waals surface area contributed by atoms with Crippen molar-refractivity contribution in [3.8, 4) is 11.9 Å². The molecule has 4 rings (SSSR count). The number of rotatable bonds is 5. The Hall–Kier alpha value is -4.04. The molecule has 0 amide bonds. The van der Waals surface area contributed by atoms with Gasteiger partial charge in [-0.3, -0.25) is 9.89 Å². The molecule has 12 heteroatoms. The molecule has 5 N–H and O–H groups in total. The van der Waals surface area contributed by atoms with Gasteiger partial charge in [0.05, 0.1) is 27.8 Å². The first-order chi connectivity index (χ1) is 15.3. The molecule has 1 aromatic carbocycles. The number of nitrogens with zero attached hydrogens (tertiary/aromatic N) is 6. The number of H-pyrrole nitrogens is 1. The van der Waals surface area contributed by atoms with E-state index in [1.54, 1.807) is 6.07 Å². The van der Waals surface area contributed by atoms with Crippen molar-refractivity contribution in [3.63, 3.8) is 0 Å². The standard InChI is InChI=1S/C20H17ClFN9O/c1-2-9(5-14-12(8-23)17(24)29-20(25)27-14)18-28-16-11(6-10(22)7-13(16)21)19(32)31(18)15-3-4-26-30-15/h3-4,6-7,9H,2,5H2,1H3,(H,26,30)(H4,24,25,27,29)/t9-/m1/s1. The molecule has 3 heterocycles. The smallest absolute Gasteiger partial charge is 0.267 e. The number of nitrogen functional groups attached to an aromatic ring is 2.